The van der Waals surface area contributed by atoms with Gasteiger partial charge >= 0.3 is 5.69 Å². The van der Waals surface area contributed by atoms with Crippen LogP contribution in [0.25, 0.3) is 0 Å². The van der Waals surface area contributed by atoms with Gasteiger partial charge in [-0.15, -0.1) is 0 Å². The molecule has 0 spiro atoms. The molecule has 0 bridgehead atoms. The van der Waals surface area contributed by atoms with Crippen LogP contribution in [0.4, 0.5) is 17.3 Å². The van der Waals surface area contributed by atoms with Crippen LogP contribution in [0.3, 0.4) is 0 Å². The predicted octanol–water partition coefficient (Wildman–Crippen LogP) is 2.05. The number of hydrogen-bond donors (Lipinski definition) is 1. The van der Waals surface area contributed by atoms with Gasteiger partial charge in [-0.1, -0.05) is 13.8 Å². The minimum absolute atomic E-state index is 0.0104. The fourth-order valence-corrected chi connectivity index (χ4v) is 2.26. The normalized spacial score (nSPS) is 24.0. The number of nitro groups is 1. The van der Waals surface area contributed by atoms with Crippen molar-refractivity contribution in [3.8, 4) is 0 Å². The first-order valence-corrected chi connectivity index (χ1v) is 6.15. The van der Waals surface area contributed by atoms with Crippen molar-refractivity contribution in [2.45, 2.75) is 20.3 Å². The van der Waals surface area contributed by atoms with E-state index in [1.807, 2.05) is 0 Å². The molecule has 2 unspecified atom stereocenters. The predicted molar refractivity (Wildman–Crippen MR) is 70.5 cm³/mol. The van der Waals surface area contributed by atoms with E-state index in [4.69, 9.17) is 5.73 Å². The smallest absolute Gasteiger partial charge is 0.311 e. The average molecular weight is 250 g/mol. The van der Waals surface area contributed by atoms with Crippen LogP contribution in [0.2, 0.25) is 0 Å². The van der Waals surface area contributed by atoms with Crippen LogP contribution < -0.4 is 10.6 Å². The van der Waals surface area contributed by atoms with Crippen LogP contribution in [0.1, 0.15) is 20.3 Å². The van der Waals surface area contributed by atoms with E-state index in [2.05, 4.69) is 23.7 Å². The number of nitrogen functional groups attached to an aromatic ring is 1. The van der Waals surface area contributed by atoms with Gasteiger partial charge in [-0.3, -0.25) is 10.1 Å². The summed E-state index contributed by atoms with van der Waals surface area (Å²) >= 11 is 0. The van der Waals surface area contributed by atoms with Gasteiger partial charge in [-0.05, 0) is 24.3 Å². The molecule has 2 rings (SSSR count). The van der Waals surface area contributed by atoms with Crippen molar-refractivity contribution >= 4 is 17.3 Å². The lowest BCUT2D eigenvalue weighted by atomic mass is 9.89. The Kier molecular flexibility index (Phi) is 3.36. The molecule has 1 aliphatic rings. The van der Waals surface area contributed by atoms with Crippen molar-refractivity contribution in [3.63, 3.8) is 0 Å². The molecular weight excluding hydrogens is 232 g/mol. The Bertz CT molecular complexity index is 463. The number of pyridine rings is 1. The Balaban J connectivity index is 2.19. The van der Waals surface area contributed by atoms with E-state index in [1.165, 1.54) is 6.07 Å². The van der Waals surface area contributed by atoms with Crippen molar-refractivity contribution in [3.05, 3.63) is 22.2 Å². The summed E-state index contributed by atoms with van der Waals surface area (Å²) < 4.78 is 0. The highest BCUT2D eigenvalue weighted by Gasteiger charge is 2.24. The van der Waals surface area contributed by atoms with Gasteiger partial charge in [0.15, 0.2) is 0 Å². The molecule has 1 fully saturated rings. The third-order valence-electron chi connectivity index (χ3n) is 3.74. The van der Waals surface area contributed by atoms with Crippen molar-refractivity contribution in [2.24, 2.45) is 11.8 Å². The molecule has 0 amide bonds. The monoisotopic (exact) mass is 250 g/mol. The van der Waals surface area contributed by atoms with Gasteiger partial charge in [0.1, 0.15) is 5.82 Å². The molecule has 1 aromatic heterocycles. The Morgan fingerprint density at radius 2 is 2.17 bits per heavy atom. The van der Waals surface area contributed by atoms with E-state index in [-0.39, 0.29) is 11.5 Å². The highest BCUT2D eigenvalue weighted by molar-refractivity contribution is 5.58. The number of rotatable bonds is 2. The Hall–Kier alpha value is -1.85. The first kappa shape index (κ1) is 12.6. The average Bonchev–Trinajstić information content (AvgIpc) is 2.32. The first-order chi connectivity index (χ1) is 8.49. The maximum absolute atomic E-state index is 10.7. The second kappa shape index (κ2) is 4.80. The molecule has 98 valence electrons. The molecule has 0 aromatic carbocycles. The van der Waals surface area contributed by atoms with E-state index >= 15 is 0 Å². The third-order valence-corrected chi connectivity index (χ3v) is 3.74. The minimum atomic E-state index is -0.507. The quantitative estimate of drug-likeness (QED) is 0.641. The summed E-state index contributed by atoms with van der Waals surface area (Å²) in [6.45, 7) is 6.31. The van der Waals surface area contributed by atoms with Crippen LogP contribution in [0.5, 0.6) is 0 Å². The first-order valence-electron chi connectivity index (χ1n) is 6.15. The molecule has 1 saturated heterocycles. The maximum atomic E-state index is 10.7. The van der Waals surface area contributed by atoms with E-state index in [9.17, 15) is 10.1 Å². The van der Waals surface area contributed by atoms with Gasteiger partial charge in [0.05, 0.1) is 4.92 Å². The largest absolute Gasteiger partial charge is 0.378 e. The number of piperidine rings is 1. The summed E-state index contributed by atoms with van der Waals surface area (Å²) in [4.78, 5) is 16.5. The van der Waals surface area contributed by atoms with Crippen LogP contribution in [0.15, 0.2) is 12.1 Å². The molecule has 2 atom stereocenters. The molecule has 6 nitrogen and oxygen atoms in total. The lowest BCUT2D eigenvalue weighted by Gasteiger charge is -2.36. The number of nitrogens with zero attached hydrogens (tertiary/aromatic N) is 3. The zero-order valence-electron chi connectivity index (χ0n) is 10.7. The zero-order chi connectivity index (χ0) is 13.3. The number of anilines is 2. The van der Waals surface area contributed by atoms with Crippen LogP contribution >= 0.6 is 0 Å². The maximum Gasteiger partial charge on any atom is 0.311 e. The Morgan fingerprint density at radius 1 is 1.44 bits per heavy atom. The van der Waals surface area contributed by atoms with Gasteiger partial charge in [0.2, 0.25) is 5.82 Å². The molecule has 18 heavy (non-hydrogen) atoms. The zero-order valence-corrected chi connectivity index (χ0v) is 10.7. The summed E-state index contributed by atoms with van der Waals surface area (Å²) in [7, 11) is 0. The summed E-state index contributed by atoms with van der Waals surface area (Å²) in [5.74, 6) is 2.02. The van der Waals surface area contributed by atoms with Crippen LogP contribution in [0, 0.1) is 22.0 Å². The van der Waals surface area contributed by atoms with Gasteiger partial charge in [-0.2, -0.15) is 0 Å². The van der Waals surface area contributed by atoms with E-state index in [0.29, 0.717) is 11.8 Å². The van der Waals surface area contributed by atoms with E-state index in [0.717, 1.165) is 25.3 Å². The van der Waals surface area contributed by atoms with Crippen molar-refractivity contribution in [2.75, 3.05) is 23.7 Å². The standard InChI is InChI=1S/C12H18N4O2/c1-8-5-6-15(7-9(8)2)11-4-3-10(16(17)18)12(13)14-11/h3-4,8-9H,5-7H2,1-2H3,(H2,13,14). The second-order valence-electron chi connectivity index (χ2n) is 5.02. The summed E-state index contributed by atoms with van der Waals surface area (Å²) in [6.07, 6.45) is 1.11. The molecule has 0 aliphatic carbocycles. The van der Waals surface area contributed by atoms with Gasteiger partial charge < -0.3 is 10.6 Å². The van der Waals surface area contributed by atoms with Crippen molar-refractivity contribution < 1.29 is 4.92 Å². The van der Waals surface area contributed by atoms with Gasteiger partial charge in [0, 0.05) is 19.2 Å². The molecule has 6 heteroatoms. The second-order valence-corrected chi connectivity index (χ2v) is 5.02. The van der Waals surface area contributed by atoms with Gasteiger partial charge in [-0.25, -0.2) is 4.98 Å². The summed E-state index contributed by atoms with van der Waals surface area (Å²) in [5.41, 5.74) is 5.48. The fraction of sp³-hybridized carbons (Fsp3) is 0.583. The highest BCUT2D eigenvalue weighted by atomic mass is 16.6. The molecule has 2 N–H and O–H groups in total. The fourth-order valence-electron chi connectivity index (χ4n) is 2.26. The highest BCUT2D eigenvalue weighted by Crippen LogP contribution is 2.28. The lowest BCUT2D eigenvalue weighted by Crippen LogP contribution is -2.38. The van der Waals surface area contributed by atoms with E-state index < -0.39 is 4.92 Å². The molecule has 1 aromatic rings. The summed E-state index contributed by atoms with van der Waals surface area (Å²) in [5, 5.41) is 10.7. The Morgan fingerprint density at radius 3 is 2.72 bits per heavy atom. The SMILES string of the molecule is CC1CCN(c2ccc([N+](=O)[O-])c(N)n2)CC1C. The molecule has 0 saturated carbocycles. The summed E-state index contributed by atoms with van der Waals surface area (Å²) in [6, 6.07) is 3.11. The number of hydrogen-bond acceptors (Lipinski definition) is 5. The number of nitrogens with two attached hydrogens (primary N) is 1. The third kappa shape index (κ3) is 2.37. The minimum Gasteiger partial charge on any atom is -0.378 e. The lowest BCUT2D eigenvalue weighted by molar-refractivity contribution is -0.384. The van der Waals surface area contributed by atoms with Gasteiger partial charge in [0.25, 0.3) is 0 Å². The van der Waals surface area contributed by atoms with Crippen LogP contribution in [-0.2, 0) is 0 Å². The number of aromatic nitrogens is 1. The molecule has 1 aliphatic heterocycles. The Labute approximate surface area is 106 Å². The van der Waals surface area contributed by atoms with Crippen LogP contribution in [-0.4, -0.2) is 23.0 Å². The molecule has 0 radical (unpaired) electrons. The molecule has 2 heterocycles. The van der Waals surface area contributed by atoms with Crippen molar-refractivity contribution in [1.29, 1.82) is 0 Å². The van der Waals surface area contributed by atoms with Crippen molar-refractivity contribution in [1.82, 2.24) is 4.98 Å². The van der Waals surface area contributed by atoms with E-state index in [1.54, 1.807) is 6.07 Å². The molecular formula is C12H18N4O2. The topological polar surface area (TPSA) is 85.3 Å².